The molecule has 3 aromatic rings. The molecule has 0 fully saturated rings. The van der Waals surface area contributed by atoms with Crippen LogP contribution in [0.5, 0.6) is 5.75 Å². The van der Waals surface area contributed by atoms with Gasteiger partial charge in [-0.3, -0.25) is 4.79 Å². The zero-order valence-corrected chi connectivity index (χ0v) is 15.3. The predicted octanol–water partition coefficient (Wildman–Crippen LogP) is 5.32. The first-order chi connectivity index (χ1) is 12.9. The number of hydrogen-bond acceptors (Lipinski definition) is 3. The molecule has 0 radical (unpaired) electrons. The monoisotopic (exact) mass is 401 g/mol. The van der Waals surface area contributed by atoms with Crippen molar-refractivity contribution in [1.82, 2.24) is 0 Å². The lowest BCUT2D eigenvalue weighted by atomic mass is 9.95. The Bertz CT molecular complexity index is 1030. The van der Waals surface area contributed by atoms with Crippen LogP contribution in [0.25, 0.3) is 11.1 Å². The van der Waals surface area contributed by atoms with Gasteiger partial charge in [0.1, 0.15) is 0 Å². The molecule has 3 rings (SSSR count). The van der Waals surface area contributed by atoms with Crippen molar-refractivity contribution in [3.8, 4) is 16.9 Å². The van der Waals surface area contributed by atoms with Crippen molar-refractivity contribution in [2.24, 2.45) is 0 Å². The highest BCUT2D eigenvalue weighted by atomic mass is 35.5. The number of hydrogen-bond donors (Lipinski definition) is 3. The van der Waals surface area contributed by atoms with E-state index < -0.39 is 11.9 Å². The summed E-state index contributed by atoms with van der Waals surface area (Å²) in [6.45, 7) is 0. The second-order valence-electron chi connectivity index (χ2n) is 5.64. The molecule has 0 heterocycles. The lowest BCUT2D eigenvalue weighted by Gasteiger charge is -2.13. The molecule has 0 aliphatic carbocycles. The molecule has 0 bridgehead atoms. The summed E-state index contributed by atoms with van der Waals surface area (Å²) in [7, 11) is 0. The number of aromatic carboxylic acids is 1. The molecular formula is C20H13Cl2NO4. The van der Waals surface area contributed by atoms with Crippen LogP contribution in [0.4, 0.5) is 5.69 Å². The maximum atomic E-state index is 12.8. The van der Waals surface area contributed by atoms with Gasteiger partial charge in [-0.15, -0.1) is 0 Å². The number of carbonyl (C=O) groups is 2. The van der Waals surface area contributed by atoms with E-state index in [2.05, 4.69) is 5.32 Å². The number of rotatable bonds is 4. The Hall–Kier alpha value is -3.02. The fourth-order valence-corrected chi connectivity index (χ4v) is 3.14. The van der Waals surface area contributed by atoms with E-state index in [9.17, 15) is 19.8 Å². The third-order valence-corrected chi connectivity index (χ3v) is 4.47. The van der Waals surface area contributed by atoms with E-state index in [4.69, 9.17) is 23.2 Å². The van der Waals surface area contributed by atoms with Gasteiger partial charge in [0.25, 0.3) is 5.91 Å². The fraction of sp³-hybridized carbons (Fsp3) is 0. The maximum absolute atomic E-state index is 12.8. The van der Waals surface area contributed by atoms with E-state index in [0.29, 0.717) is 16.8 Å². The molecule has 3 aromatic carbocycles. The van der Waals surface area contributed by atoms with E-state index >= 15 is 0 Å². The number of amides is 1. The van der Waals surface area contributed by atoms with Crippen molar-refractivity contribution in [2.75, 3.05) is 5.32 Å². The average Bonchev–Trinajstić information content (AvgIpc) is 2.66. The number of anilines is 1. The fourth-order valence-electron chi connectivity index (χ4n) is 2.66. The average molecular weight is 402 g/mol. The molecular weight excluding hydrogens is 389 g/mol. The summed E-state index contributed by atoms with van der Waals surface area (Å²) in [6.07, 6.45) is 0. The summed E-state index contributed by atoms with van der Waals surface area (Å²) in [4.78, 5) is 24.3. The molecule has 3 N–H and O–H groups in total. The second-order valence-corrected chi connectivity index (χ2v) is 6.45. The van der Waals surface area contributed by atoms with Crippen LogP contribution in [0.3, 0.4) is 0 Å². The molecule has 0 atom stereocenters. The minimum atomic E-state index is -1.09. The van der Waals surface area contributed by atoms with Crippen LogP contribution in [0.2, 0.25) is 10.0 Å². The van der Waals surface area contributed by atoms with Crippen LogP contribution in [0.15, 0.2) is 60.7 Å². The van der Waals surface area contributed by atoms with Crippen LogP contribution < -0.4 is 5.32 Å². The van der Waals surface area contributed by atoms with Crippen molar-refractivity contribution in [3.05, 3.63) is 81.8 Å². The van der Waals surface area contributed by atoms with Crippen molar-refractivity contribution >= 4 is 40.8 Å². The molecule has 0 saturated heterocycles. The van der Waals surface area contributed by atoms with Crippen molar-refractivity contribution in [1.29, 1.82) is 0 Å². The first kappa shape index (κ1) is 18.8. The Labute approximate surface area is 164 Å². The van der Waals surface area contributed by atoms with Crippen LogP contribution >= 0.6 is 23.2 Å². The highest BCUT2D eigenvalue weighted by Gasteiger charge is 2.18. The van der Waals surface area contributed by atoms with Gasteiger partial charge in [0.2, 0.25) is 0 Å². The number of carboxylic acids is 1. The summed E-state index contributed by atoms with van der Waals surface area (Å²) >= 11 is 11.8. The highest BCUT2D eigenvalue weighted by molar-refractivity contribution is 6.37. The molecule has 7 heteroatoms. The lowest BCUT2D eigenvalue weighted by Crippen LogP contribution is -2.13. The maximum Gasteiger partial charge on any atom is 0.336 e. The van der Waals surface area contributed by atoms with Gasteiger partial charge >= 0.3 is 5.97 Å². The Morgan fingerprint density at radius 2 is 1.30 bits per heavy atom. The summed E-state index contributed by atoms with van der Waals surface area (Å²) < 4.78 is 0. The van der Waals surface area contributed by atoms with Crippen molar-refractivity contribution in [3.63, 3.8) is 0 Å². The van der Waals surface area contributed by atoms with Crippen LogP contribution in [-0.4, -0.2) is 22.1 Å². The molecule has 0 aliphatic heterocycles. The van der Waals surface area contributed by atoms with E-state index in [0.717, 1.165) is 0 Å². The molecule has 1 amide bonds. The summed E-state index contributed by atoms with van der Waals surface area (Å²) in [5.74, 6) is -1.83. The summed E-state index contributed by atoms with van der Waals surface area (Å²) in [5, 5.41) is 21.7. The molecule has 0 aromatic heterocycles. The quantitative estimate of drug-likeness (QED) is 0.516. The van der Waals surface area contributed by atoms with Gasteiger partial charge in [0.05, 0.1) is 15.6 Å². The predicted molar refractivity (Wildman–Crippen MR) is 105 cm³/mol. The van der Waals surface area contributed by atoms with Crippen LogP contribution in [0, 0.1) is 0 Å². The van der Waals surface area contributed by atoms with Crippen LogP contribution in [0.1, 0.15) is 20.7 Å². The van der Waals surface area contributed by atoms with Gasteiger partial charge in [-0.05, 0) is 35.4 Å². The van der Waals surface area contributed by atoms with Crippen LogP contribution in [-0.2, 0) is 0 Å². The third-order valence-electron chi connectivity index (χ3n) is 3.89. The number of halogens is 2. The first-order valence-electron chi connectivity index (χ1n) is 7.79. The van der Waals surface area contributed by atoms with Gasteiger partial charge in [-0.2, -0.15) is 0 Å². The smallest absolute Gasteiger partial charge is 0.336 e. The standard InChI is InChI=1S/C20H13Cl2NO4/c21-16-9-11(10-17(22)18(16)24)23-19(25)14-7-3-1-5-12(14)13-6-2-4-8-15(13)20(26)27/h1-10,24H,(H,23,25)(H,26,27). The van der Waals surface area contributed by atoms with Gasteiger partial charge in [-0.25, -0.2) is 4.79 Å². The number of carbonyl (C=O) groups excluding carboxylic acids is 1. The van der Waals surface area contributed by atoms with Gasteiger partial charge in [0.15, 0.2) is 5.75 Å². The lowest BCUT2D eigenvalue weighted by molar-refractivity contribution is 0.0697. The number of phenolic OH excluding ortho intramolecular Hbond substituents is 1. The van der Waals surface area contributed by atoms with Crippen molar-refractivity contribution in [2.45, 2.75) is 0 Å². The Morgan fingerprint density at radius 3 is 1.85 bits per heavy atom. The molecule has 0 aliphatic rings. The highest BCUT2D eigenvalue weighted by Crippen LogP contribution is 2.35. The van der Waals surface area contributed by atoms with Gasteiger partial charge in [0, 0.05) is 11.3 Å². The number of benzene rings is 3. The number of aromatic hydroxyl groups is 1. The number of phenols is 1. The molecule has 5 nitrogen and oxygen atoms in total. The molecule has 0 saturated carbocycles. The Kier molecular flexibility index (Phi) is 5.35. The van der Waals surface area contributed by atoms with Gasteiger partial charge in [-0.1, -0.05) is 59.6 Å². The minimum Gasteiger partial charge on any atom is -0.505 e. The summed E-state index contributed by atoms with van der Waals surface area (Å²) in [6, 6.07) is 15.8. The molecule has 136 valence electrons. The van der Waals surface area contributed by atoms with E-state index in [1.165, 1.54) is 18.2 Å². The SMILES string of the molecule is O=C(O)c1ccccc1-c1ccccc1C(=O)Nc1cc(Cl)c(O)c(Cl)c1. The summed E-state index contributed by atoms with van der Waals surface area (Å²) in [5.41, 5.74) is 1.58. The van der Waals surface area contributed by atoms with Crippen molar-refractivity contribution < 1.29 is 19.8 Å². The molecule has 27 heavy (non-hydrogen) atoms. The molecule has 0 spiro atoms. The normalized spacial score (nSPS) is 10.4. The topological polar surface area (TPSA) is 86.6 Å². The van der Waals surface area contributed by atoms with E-state index in [-0.39, 0.29) is 26.9 Å². The Balaban J connectivity index is 2.02. The second kappa shape index (κ2) is 7.70. The minimum absolute atomic E-state index is 0.00214. The van der Waals surface area contributed by atoms with E-state index in [1.54, 1.807) is 42.5 Å². The Morgan fingerprint density at radius 1 is 0.815 bits per heavy atom. The van der Waals surface area contributed by atoms with E-state index in [1.807, 2.05) is 0 Å². The largest absolute Gasteiger partial charge is 0.505 e. The zero-order valence-electron chi connectivity index (χ0n) is 13.7. The first-order valence-corrected chi connectivity index (χ1v) is 8.55. The number of carboxylic acid groups (broad SMARTS) is 1. The van der Waals surface area contributed by atoms with Gasteiger partial charge < -0.3 is 15.5 Å². The third kappa shape index (κ3) is 3.89. The molecule has 0 unspecified atom stereocenters. The number of nitrogens with one attached hydrogen (secondary N) is 1. The zero-order chi connectivity index (χ0) is 19.6.